The molecule has 0 spiro atoms. The lowest BCUT2D eigenvalue weighted by Crippen LogP contribution is -2.38. The number of nitrogens with zero attached hydrogens (tertiary/aromatic N) is 10. The first-order valence-corrected chi connectivity index (χ1v) is 20.2. The molecule has 0 unspecified atom stereocenters. The molecule has 3 aromatic heterocycles. The predicted octanol–water partition coefficient (Wildman–Crippen LogP) is 4.56. The zero-order valence-electron chi connectivity index (χ0n) is 33.6. The van der Waals surface area contributed by atoms with Crippen molar-refractivity contribution in [3.8, 4) is 0 Å². The van der Waals surface area contributed by atoms with Crippen LogP contribution in [0.1, 0.15) is 70.0 Å². The molecule has 17 nitrogen and oxygen atoms in total. The number of fused-ring (bicyclic) bond motifs is 2. The molecular weight excluding hydrogens is 812 g/mol. The Morgan fingerprint density at radius 2 is 1.73 bits per heavy atom. The number of ether oxygens (including phenoxy) is 3. The minimum Gasteiger partial charge on any atom is -0.465 e. The van der Waals surface area contributed by atoms with Gasteiger partial charge in [0.05, 0.1) is 25.5 Å². The van der Waals surface area contributed by atoms with Crippen LogP contribution < -0.4 is 10.2 Å². The summed E-state index contributed by atoms with van der Waals surface area (Å²) in [5.41, 5.74) is 5.34. The van der Waals surface area contributed by atoms with Crippen LogP contribution >= 0.6 is 0 Å². The number of aromatic nitrogens is 8. The zero-order valence-corrected chi connectivity index (χ0v) is 33.6. The fraction of sp³-hybridized carbons (Fsp3) is 0.381. The highest BCUT2D eigenvalue weighted by molar-refractivity contribution is 5.89. The standard InChI is InChI=1S/C42H42F3N11O6/c1-3-56-51-36(50-52-56)34-33(62-40(59)42(43,44)45)32(57)38(61-34)55-23-47-31-35(46-19-30(24-10-6-4-7-11-24)25-12-8-5-9-13-25)48-41(49-37(31)55)53-17-16-29(22-53)54-20-27-15-14-26(39(58)60-2)18-28(27)21-54/h4-15,18,23,29-30,32-34,38,57H,3,16-17,19-22H2,1-2H3,(H,46,48,49)/t29-,32-,33+,34+,38-/m1/s1. The third kappa shape index (κ3) is 7.91. The van der Waals surface area contributed by atoms with E-state index in [1.54, 1.807) is 13.0 Å². The van der Waals surface area contributed by atoms with Crippen LogP contribution in [0, 0.1) is 0 Å². The molecule has 62 heavy (non-hydrogen) atoms. The molecule has 20 heteroatoms. The number of methoxy groups -OCH3 is 1. The average Bonchev–Trinajstić information content (AvgIpc) is 4.14. The first kappa shape index (κ1) is 40.9. The number of alkyl halides is 3. The van der Waals surface area contributed by atoms with E-state index in [0.29, 0.717) is 55.6 Å². The molecule has 3 aliphatic heterocycles. The summed E-state index contributed by atoms with van der Waals surface area (Å²) in [6, 6.07) is 25.8. The minimum absolute atomic E-state index is 0.102. The van der Waals surface area contributed by atoms with Crippen LogP contribution in [-0.4, -0.2) is 113 Å². The first-order valence-electron chi connectivity index (χ1n) is 20.2. The summed E-state index contributed by atoms with van der Waals surface area (Å²) in [5, 5.41) is 27.2. The molecule has 6 heterocycles. The Labute approximate surface area is 352 Å². The molecule has 0 radical (unpaired) electrons. The van der Waals surface area contributed by atoms with Crippen LogP contribution in [-0.2, 0) is 38.6 Å². The lowest BCUT2D eigenvalue weighted by Gasteiger charge is -2.24. The van der Waals surface area contributed by atoms with Crippen LogP contribution in [0.15, 0.2) is 85.2 Å². The number of imidazole rings is 1. The number of anilines is 2. The average molecular weight is 854 g/mol. The molecule has 9 rings (SSSR count). The topological polar surface area (TPSA) is 188 Å². The molecule has 2 saturated heterocycles. The van der Waals surface area contributed by atoms with Gasteiger partial charge in [-0.25, -0.2) is 14.6 Å². The van der Waals surface area contributed by atoms with Crippen LogP contribution in [0.5, 0.6) is 0 Å². The van der Waals surface area contributed by atoms with Crippen molar-refractivity contribution in [1.29, 1.82) is 0 Å². The molecule has 0 aliphatic carbocycles. The third-order valence-corrected chi connectivity index (χ3v) is 11.6. The van der Waals surface area contributed by atoms with Gasteiger partial charge in [0.2, 0.25) is 11.8 Å². The van der Waals surface area contributed by atoms with Crippen molar-refractivity contribution in [2.75, 3.05) is 37.0 Å². The highest BCUT2D eigenvalue weighted by Crippen LogP contribution is 2.42. The highest BCUT2D eigenvalue weighted by Gasteiger charge is 2.53. The monoisotopic (exact) mass is 853 g/mol. The van der Waals surface area contributed by atoms with Crippen molar-refractivity contribution in [1.82, 2.24) is 44.6 Å². The summed E-state index contributed by atoms with van der Waals surface area (Å²) in [6.07, 6.45) is -9.91. The van der Waals surface area contributed by atoms with E-state index >= 15 is 0 Å². The normalized spacial score (nSPS) is 21.5. The lowest BCUT2D eigenvalue weighted by atomic mass is 9.91. The second kappa shape index (κ2) is 16.7. The third-order valence-electron chi connectivity index (χ3n) is 11.6. The van der Waals surface area contributed by atoms with E-state index in [1.165, 1.54) is 22.8 Å². The van der Waals surface area contributed by atoms with E-state index in [2.05, 4.69) is 59.8 Å². The number of nitrogens with one attached hydrogen (secondary N) is 1. The Balaban J connectivity index is 1.06. The number of carbonyl (C=O) groups is 2. The van der Waals surface area contributed by atoms with Gasteiger partial charge in [0, 0.05) is 44.7 Å². The van der Waals surface area contributed by atoms with Gasteiger partial charge in [0.1, 0.15) is 6.10 Å². The van der Waals surface area contributed by atoms with Gasteiger partial charge in [0.25, 0.3) is 0 Å². The van der Waals surface area contributed by atoms with E-state index in [0.717, 1.165) is 28.7 Å². The Hall–Kier alpha value is -6.51. The number of hydrogen-bond acceptors (Lipinski definition) is 15. The van der Waals surface area contributed by atoms with Gasteiger partial charge in [-0.05, 0) is 52.9 Å². The number of tetrazole rings is 1. The minimum atomic E-state index is -5.35. The molecule has 0 bridgehead atoms. The van der Waals surface area contributed by atoms with Gasteiger partial charge in [0.15, 0.2) is 35.4 Å². The molecule has 6 aromatic rings. The van der Waals surface area contributed by atoms with Crippen molar-refractivity contribution in [2.45, 2.75) is 75.7 Å². The van der Waals surface area contributed by atoms with Gasteiger partial charge in [-0.1, -0.05) is 66.7 Å². The van der Waals surface area contributed by atoms with E-state index < -0.39 is 42.7 Å². The predicted molar refractivity (Wildman–Crippen MR) is 214 cm³/mol. The smallest absolute Gasteiger partial charge is 0.465 e. The summed E-state index contributed by atoms with van der Waals surface area (Å²) < 4.78 is 57.9. The lowest BCUT2D eigenvalue weighted by molar-refractivity contribution is -0.210. The first-order chi connectivity index (χ1) is 30.0. The van der Waals surface area contributed by atoms with Crippen LogP contribution in [0.3, 0.4) is 0 Å². The number of esters is 2. The highest BCUT2D eigenvalue weighted by atomic mass is 19.4. The summed E-state index contributed by atoms with van der Waals surface area (Å²) in [6.45, 7) is 4.93. The number of carbonyl (C=O) groups excluding carboxylic acids is 2. The van der Waals surface area contributed by atoms with Crippen molar-refractivity contribution >= 4 is 34.9 Å². The molecule has 3 aromatic carbocycles. The molecule has 2 fully saturated rings. The second-order valence-electron chi connectivity index (χ2n) is 15.4. The van der Waals surface area contributed by atoms with Crippen LogP contribution in [0.25, 0.3) is 11.2 Å². The summed E-state index contributed by atoms with van der Waals surface area (Å²) >= 11 is 0. The van der Waals surface area contributed by atoms with Crippen molar-refractivity contribution < 1.29 is 42.1 Å². The summed E-state index contributed by atoms with van der Waals surface area (Å²) in [7, 11) is 1.36. The number of rotatable bonds is 12. The fourth-order valence-corrected chi connectivity index (χ4v) is 8.41. The molecule has 322 valence electrons. The summed E-state index contributed by atoms with van der Waals surface area (Å²) in [5.74, 6) is -2.46. The Bertz CT molecular complexity index is 2540. The van der Waals surface area contributed by atoms with Gasteiger partial charge < -0.3 is 29.5 Å². The van der Waals surface area contributed by atoms with Gasteiger partial charge in [-0.15, -0.1) is 10.2 Å². The van der Waals surface area contributed by atoms with E-state index in [1.807, 2.05) is 48.5 Å². The number of aliphatic hydroxyl groups excluding tert-OH is 1. The number of halogens is 3. The molecule has 3 aliphatic rings. The van der Waals surface area contributed by atoms with Crippen molar-refractivity contribution in [2.24, 2.45) is 0 Å². The zero-order chi connectivity index (χ0) is 43.1. The maximum atomic E-state index is 13.5. The number of aliphatic hydroxyl groups is 1. The van der Waals surface area contributed by atoms with E-state index in [9.17, 15) is 27.9 Å². The Morgan fingerprint density at radius 1 is 1.00 bits per heavy atom. The summed E-state index contributed by atoms with van der Waals surface area (Å²) in [4.78, 5) is 44.6. The number of hydrogen-bond donors (Lipinski definition) is 2. The molecule has 5 atom stereocenters. The molecule has 0 amide bonds. The van der Waals surface area contributed by atoms with Gasteiger partial charge >= 0.3 is 18.1 Å². The Morgan fingerprint density at radius 3 is 2.40 bits per heavy atom. The van der Waals surface area contributed by atoms with Gasteiger partial charge in [-0.2, -0.15) is 27.9 Å². The molecule has 2 N–H and O–H groups in total. The fourth-order valence-electron chi connectivity index (χ4n) is 8.41. The second-order valence-corrected chi connectivity index (χ2v) is 15.4. The molecular formula is C42H42F3N11O6. The Kier molecular flexibility index (Phi) is 11.0. The van der Waals surface area contributed by atoms with Crippen LogP contribution in [0.2, 0.25) is 0 Å². The maximum absolute atomic E-state index is 13.5. The largest absolute Gasteiger partial charge is 0.490 e. The van der Waals surface area contributed by atoms with E-state index in [4.69, 9.17) is 24.2 Å². The maximum Gasteiger partial charge on any atom is 0.490 e. The van der Waals surface area contributed by atoms with Gasteiger partial charge in [-0.3, -0.25) is 9.47 Å². The van der Waals surface area contributed by atoms with Crippen LogP contribution in [0.4, 0.5) is 24.9 Å². The molecule has 0 saturated carbocycles. The van der Waals surface area contributed by atoms with Crippen molar-refractivity contribution in [3.63, 3.8) is 0 Å². The SMILES string of the molecule is CCn1nnc([C@H]2O[C@@H](n3cnc4c(NCC(c5ccccc5)c5ccccc5)nc(N5CC[C@@H](N6Cc7ccc(C(=O)OC)cc7C6)C5)nc43)[C@H](O)[C@@H]2OC(=O)C(F)(F)F)n1. The quantitative estimate of drug-likeness (QED) is 0.163. The number of aryl methyl sites for hydroxylation is 1. The van der Waals surface area contributed by atoms with E-state index in [-0.39, 0.29) is 30.0 Å². The number of benzene rings is 3. The van der Waals surface area contributed by atoms with Crippen molar-refractivity contribution in [3.05, 3.63) is 119 Å².